The largest absolute Gasteiger partial charge is 0.394 e. The lowest BCUT2D eigenvalue weighted by Crippen LogP contribution is -2.48. The van der Waals surface area contributed by atoms with Crippen LogP contribution in [0.2, 0.25) is 0 Å². The Labute approximate surface area is 94.5 Å². The van der Waals surface area contributed by atoms with Crippen molar-refractivity contribution in [2.45, 2.75) is 38.3 Å². The molecule has 1 aromatic rings. The van der Waals surface area contributed by atoms with Gasteiger partial charge < -0.3 is 10.4 Å². The lowest BCUT2D eigenvalue weighted by molar-refractivity contribution is 0.144. The van der Waals surface area contributed by atoms with Gasteiger partial charge in [-0.05, 0) is 32.6 Å². The van der Waals surface area contributed by atoms with E-state index in [1.165, 1.54) is 12.8 Å². The number of nitrogens with zero attached hydrogens (tertiary/aromatic N) is 1. The molecule has 84 valence electrons. The predicted molar refractivity (Wildman–Crippen MR) is 61.9 cm³/mol. The van der Waals surface area contributed by atoms with Crippen LogP contribution in [0.15, 0.2) is 11.6 Å². The normalized spacial score (nSPS) is 22.3. The third kappa shape index (κ3) is 2.38. The minimum atomic E-state index is -0.134. The number of thiazole rings is 1. The number of nitrogens with one attached hydrogen (secondary N) is 1. The maximum absolute atomic E-state index is 9.46. The molecule has 1 aromatic heterocycles. The van der Waals surface area contributed by atoms with Crippen LogP contribution in [0.25, 0.3) is 0 Å². The molecular formula is C11H18N2OS. The van der Waals surface area contributed by atoms with E-state index in [-0.39, 0.29) is 18.2 Å². The van der Waals surface area contributed by atoms with Gasteiger partial charge in [-0.3, -0.25) is 0 Å². The first kappa shape index (κ1) is 11.0. The van der Waals surface area contributed by atoms with Gasteiger partial charge in [0.2, 0.25) is 0 Å². The van der Waals surface area contributed by atoms with Crippen LogP contribution in [0.5, 0.6) is 0 Å². The zero-order valence-corrected chi connectivity index (χ0v) is 10.0. The number of hydrogen-bond donors (Lipinski definition) is 2. The van der Waals surface area contributed by atoms with Gasteiger partial charge in [-0.1, -0.05) is 0 Å². The molecular weight excluding hydrogens is 208 g/mol. The van der Waals surface area contributed by atoms with E-state index in [1.807, 2.05) is 11.6 Å². The maximum Gasteiger partial charge on any atom is 0.109 e. The molecule has 1 saturated carbocycles. The highest BCUT2D eigenvalue weighted by atomic mass is 32.1. The van der Waals surface area contributed by atoms with E-state index in [2.05, 4.69) is 24.1 Å². The third-order valence-electron chi connectivity index (χ3n) is 3.17. The van der Waals surface area contributed by atoms with E-state index >= 15 is 0 Å². The fourth-order valence-corrected chi connectivity index (χ4v) is 2.66. The van der Waals surface area contributed by atoms with E-state index in [9.17, 15) is 5.11 Å². The summed E-state index contributed by atoms with van der Waals surface area (Å²) >= 11 is 1.66. The molecule has 0 spiro atoms. The molecule has 2 N–H and O–H groups in total. The van der Waals surface area contributed by atoms with Gasteiger partial charge in [-0.25, -0.2) is 4.98 Å². The first-order valence-electron chi connectivity index (χ1n) is 5.43. The lowest BCUT2D eigenvalue weighted by atomic mass is 9.96. The molecule has 0 amide bonds. The molecule has 0 bridgehead atoms. The first-order valence-corrected chi connectivity index (χ1v) is 6.31. The lowest BCUT2D eigenvalue weighted by Gasteiger charge is -2.31. The van der Waals surface area contributed by atoms with E-state index in [0.717, 1.165) is 5.01 Å². The standard InChI is InChI=1S/C11H18N2OS/c1-8(10-12-5-6-15-10)13-11(2,7-14)9-3-4-9/h5-6,8-9,13-14H,3-4,7H2,1-2H3. The van der Waals surface area contributed by atoms with E-state index in [0.29, 0.717) is 5.92 Å². The smallest absolute Gasteiger partial charge is 0.109 e. The number of hydrogen-bond acceptors (Lipinski definition) is 4. The van der Waals surface area contributed by atoms with Crippen molar-refractivity contribution in [3.63, 3.8) is 0 Å². The molecule has 15 heavy (non-hydrogen) atoms. The zero-order valence-electron chi connectivity index (χ0n) is 9.23. The van der Waals surface area contributed by atoms with Crippen molar-refractivity contribution >= 4 is 11.3 Å². The molecule has 1 aliphatic rings. The number of rotatable bonds is 5. The Morgan fingerprint density at radius 1 is 1.73 bits per heavy atom. The molecule has 1 fully saturated rings. The fraction of sp³-hybridized carbons (Fsp3) is 0.727. The number of aliphatic hydroxyl groups excluding tert-OH is 1. The SMILES string of the molecule is CC(NC(C)(CO)C1CC1)c1nccs1. The summed E-state index contributed by atoms with van der Waals surface area (Å²) in [5.74, 6) is 0.630. The highest BCUT2D eigenvalue weighted by Crippen LogP contribution is 2.40. The first-order chi connectivity index (χ1) is 7.15. The van der Waals surface area contributed by atoms with Crippen molar-refractivity contribution < 1.29 is 5.11 Å². The zero-order chi connectivity index (χ0) is 10.9. The van der Waals surface area contributed by atoms with Crippen LogP contribution in [0.4, 0.5) is 0 Å². The third-order valence-corrected chi connectivity index (χ3v) is 4.13. The monoisotopic (exact) mass is 226 g/mol. The van der Waals surface area contributed by atoms with Crippen molar-refractivity contribution in [3.8, 4) is 0 Å². The van der Waals surface area contributed by atoms with Crippen LogP contribution in [0.3, 0.4) is 0 Å². The Bertz CT molecular complexity index is 310. The Morgan fingerprint density at radius 3 is 2.93 bits per heavy atom. The van der Waals surface area contributed by atoms with Crippen LogP contribution in [0.1, 0.15) is 37.7 Å². The van der Waals surface area contributed by atoms with Gasteiger partial charge in [0, 0.05) is 17.1 Å². The molecule has 4 heteroatoms. The van der Waals surface area contributed by atoms with Gasteiger partial charge in [0.25, 0.3) is 0 Å². The second-order valence-corrected chi connectivity index (χ2v) is 5.51. The van der Waals surface area contributed by atoms with Gasteiger partial charge in [0.05, 0.1) is 12.6 Å². The summed E-state index contributed by atoms with van der Waals surface area (Å²) in [5.41, 5.74) is -0.134. The Morgan fingerprint density at radius 2 is 2.47 bits per heavy atom. The van der Waals surface area contributed by atoms with Crippen LogP contribution >= 0.6 is 11.3 Å². The Kier molecular flexibility index (Phi) is 3.09. The highest BCUT2D eigenvalue weighted by Gasteiger charge is 2.41. The summed E-state index contributed by atoms with van der Waals surface area (Å²) in [6.07, 6.45) is 4.29. The van der Waals surface area contributed by atoms with Crippen molar-refractivity contribution in [1.82, 2.24) is 10.3 Å². The van der Waals surface area contributed by atoms with Gasteiger partial charge in [-0.2, -0.15) is 0 Å². The Balaban J connectivity index is 2.00. The van der Waals surface area contributed by atoms with Crippen LogP contribution < -0.4 is 5.32 Å². The molecule has 2 rings (SSSR count). The van der Waals surface area contributed by atoms with Crippen molar-refractivity contribution in [1.29, 1.82) is 0 Å². The second kappa shape index (κ2) is 4.20. The van der Waals surface area contributed by atoms with E-state index in [1.54, 1.807) is 11.3 Å². The summed E-state index contributed by atoms with van der Waals surface area (Å²) in [4.78, 5) is 4.29. The van der Waals surface area contributed by atoms with Crippen LogP contribution in [-0.4, -0.2) is 22.2 Å². The summed E-state index contributed by atoms with van der Waals surface area (Å²) in [6.45, 7) is 4.41. The summed E-state index contributed by atoms with van der Waals surface area (Å²) in [7, 11) is 0. The van der Waals surface area contributed by atoms with Crippen molar-refractivity contribution in [2.24, 2.45) is 5.92 Å². The summed E-state index contributed by atoms with van der Waals surface area (Å²) in [5, 5.41) is 16.0. The van der Waals surface area contributed by atoms with Gasteiger partial charge in [0.1, 0.15) is 5.01 Å². The van der Waals surface area contributed by atoms with E-state index in [4.69, 9.17) is 0 Å². The minimum absolute atomic E-state index is 0.134. The number of aliphatic hydroxyl groups is 1. The summed E-state index contributed by atoms with van der Waals surface area (Å²) in [6, 6.07) is 0.225. The topological polar surface area (TPSA) is 45.1 Å². The van der Waals surface area contributed by atoms with Crippen LogP contribution in [0, 0.1) is 5.92 Å². The molecule has 1 aliphatic carbocycles. The van der Waals surface area contributed by atoms with Crippen molar-refractivity contribution in [3.05, 3.63) is 16.6 Å². The maximum atomic E-state index is 9.46. The molecule has 2 atom stereocenters. The number of aromatic nitrogens is 1. The fourth-order valence-electron chi connectivity index (χ4n) is 2.02. The molecule has 2 unspecified atom stereocenters. The van der Waals surface area contributed by atoms with Gasteiger partial charge in [0.15, 0.2) is 0 Å². The molecule has 0 radical (unpaired) electrons. The van der Waals surface area contributed by atoms with Gasteiger partial charge >= 0.3 is 0 Å². The second-order valence-electron chi connectivity index (χ2n) is 4.59. The molecule has 0 aromatic carbocycles. The van der Waals surface area contributed by atoms with E-state index < -0.39 is 0 Å². The molecule has 0 saturated heterocycles. The van der Waals surface area contributed by atoms with Crippen LogP contribution in [-0.2, 0) is 0 Å². The average molecular weight is 226 g/mol. The van der Waals surface area contributed by atoms with Gasteiger partial charge in [-0.15, -0.1) is 11.3 Å². The predicted octanol–water partition coefficient (Wildman–Crippen LogP) is 1.95. The highest BCUT2D eigenvalue weighted by molar-refractivity contribution is 7.09. The van der Waals surface area contributed by atoms with Crippen molar-refractivity contribution in [2.75, 3.05) is 6.61 Å². The average Bonchev–Trinajstić information content (AvgIpc) is 2.94. The Hall–Kier alpha value is -0.450. The quantitative estimate of drug-likeness (QED) is 0.806. The summed E-state index contributed by atoms with van der Waals surface area (Å²) < 4.78 is 0. The minimum Gasteiger partial charge on any atom is -0.394 e. The molecule has 0 aliphatic heterocycles. The molecule has 1 heterocycles. The molecule has 3 nitrogen and oxygen atoms in total.